The highest BCUT2D eigenvalue weighted by Gasteiger charge is 2.53. The molecule has 0 saturated carbocycles. The first-order valence-electron chi connectivity index (χ1n) is 8.68. The third-order valence-electron chi connectivity index (χ3n) is 5.82. The Balaban J connectivity index is 1.66. The zero-order valence-electron chi connectivity index (χ0n) is 15.7. The Labute approximate surface area is 144 Å². The van der Waals surface area contributed by atoms with E-state index in [0.717, 1.165) is 36.9 Å². The summed E-state index contributed by atoms with van der Waals surface area (Å²) >= 11 is 0. The van der Waals surface area contributed by atoms with Crippen molar-refractivity contribution in [2.24, 2.45) is 10.4 Å². The molecule has 130 valence electrons. The predicted molar refractivity (Wildman–Crippen MR) is 100 cm³/mol. The highest BCUT2D eigenvalue weighted by Crippen LogP contribution is 2.46. The molecule has 24 heavy (non-hydrogen) atoms. The summed E-state index contributed by atoms with van der Waals surface area (Å²) in [6, 6.07) is 8.30. The number of para-hydroxylation sites is 2. The second-order valence-electron chi connectivity index (χ2n) is 7.80. The van der Waals surface area contributed by atoms with Gasteiger partial charge in [0, 0.05) is 37.6 Å². The van der Waals surface area contributed by atoms with Crippen molar-refractivity contribution in [3.8, 4) is 0 Å². The molecule has 1 saturated heterocycles. The number of hydrogen-bond acceptors (Lipinski definition) is 2. The lowest BCUT2D eigenvalue weighted by molar-refractivity contribution is -0.0667. The molecule has 3 rings (SSSR count). The number of fused-ring (bicyclic) bond motifs is 1. The van der Waals surface area contributed by atoms with E-state index in [-0.39, 0.29) is 5.54 Å². The number of imidazole rings is 1. The molecule has 5 nitrogen and oxygen atoms in total. The molecule has 2 aromatic rings. The van der Waals surface area contributed by atoms with Crippen molar-refractivity contribution >= 4 is 17.0 Å². The molecule has 0 unspecified atom stereocenters. The lowest BCUT2D eigenvalue weighted by atomic mass is 9.65. The number of aryl methyl sites for hydroxylation is 1. The van der Waals surface area contributed by atoms with Crippen molar-refractivity contribution in [1.82, 2.24) is 19.8 Å². The van der Waals surface area contributed by atoms with Crippen LogP contribution in [0.1, 0.15) is 33.5 Å². The van der Waals surface area contributed by atoms with Gasteiger partial charge in [0.2, 0.25) is 0 Å². The van der Waals surface area contributed by atoms with E-state index >= 15 is 0 Å². The highest BCUT2D eigenvalue weighted by molar-refractivity contribution is 5.82. The Morgan fingerprint density at radius 3 is 2.58 bits per heavy atom. The lowest BCUT2D eigenvalue weighted by Crippen LogP contribution is -2.72. The van der Waals surface area contributed by atoms with Gasteiger partial charge in [-0.2, -0.15) is 0 Å². The summed E-state index contributed by atoms with van der Waals surface area (Å²) in [5.74, 6) is 2.04. The van der Waals surface area contributed by atoms with Crippen LogP contribution < -0.4 is 5.32 Å². The van der Waals surface area contributed by atoms with Gasteiger partial charge in [0.05, 0.1) is 11.0 Å². The maximum atomic E-state index is 4.63. The molecule has 1 fully saturated rings. The van der Waals surface area contributed by atoms with Crippen LogP contribution in [0.25, 0.3) is 11.0 Å². The molecule has 0 aliphatic carbocycles. The number of rotatable bonds is 3. The second kappa shape index (κ2) is 5.80. The minimum atomic E-state index is 0.118. The van der Waals surface area contributed by atoms with E-state index < -0.39 is 0 Å². The summed E-state index contributed by atoms with van der Waals surface area (Å²) in [6.07, 6.45) is 0. The molecule has 0 atom stereocenters. The van der Waals surface area contributed by atoms with Gasteiger partial charge in [0.15, 0.2) is 5.96 Å². The molecule has 1 aliphatic rings. The van der Waals surface area contributed by atoms with Crippen LogP contribution in [0.5, 0.6) is 0 Å². The molecule has 1 aromatic carbocycles. The van der Waals surface area contributed by atoms with Gasteiger partial charge in [0.25, 0.3) is 0 Å². The minimum Gasteiger partial charge on any atom is -0.354 e. The van der Waals surface area contributed by atoms with Crippen LogP contribution in [-0.4, -0.2) is 46.1 Å². The van der Waals surface area contributed by atoms with Crippen molar-refractivity contribution in [2.75, 3.05) is 20.1 Å². The smallest absolute Gasteiger partial charge is 0.194 e. The van der Waals surface area contributed by atoms with Gasteiger partial charge < -0.3 is 14.8 Å². The molecule has 1 aliphatic heterocycles. The molecule has 0 amide bonds. The fraction of sp³-hybridized carbons (Fsp3) is 0.579. The van der Waals surface area contributed by atoms with Crippen molar-refractivity contribution in [2.45, 2.75) is 46.7 Å². The first-order chi connectivity index (χ1) is 11.3. The lowest BCUT2D eigenvalue weighted by Gasteiger charge is -2.62. The SMILES string of the molecule is CN=C(NCCn1c(C)nc2ccccc21)N1CC(C)(C)C1(C)C. The summed E-state index contributed by atoms with van der Waals surface area (Å²) in [5, 5.41) is 3.52. The third kappa shape index (κ3) is 2.56. The van der Waals surface area contributed by atoms with Crippen molar-refractivity contribution in [3.63, 3.8) is 0 Å². The third-order valence-corrected chi connectivity index (χ3v) is 5.82. The van der Waals surface area contributed by atoms with Crippen molar-refractivity contribution in [1.29, 1.82) is 0 Å². The topological polar surface area (TPSA) is 45.5 Å². The van der Waals surface area contributed by atoms with Crippen LogP contribution in [0, 0.1) is 12.3 Å². The normalized spacial score (nSPS) is 19.4. The average Bonchev–Trinajstić information content (AvgIpc) is 2.85. The van der Waals surface area contributed by atoms with Gasteiger partial charge in [-0.05, 0) is 32.9 Å². The van der Waals surface area contributed by atoms with Crippen molar-refractivity contribution < 1.29 is 0 Å². The van der Waals surface area contributed by atoms with Gasteiger partial charge in [-0.1, -0.05) is 26.0 Å². The highest BCUT2D eigenvalue weighted by atomic mass is 15.4. The zero-order valence-corrected chi connectivity index (χ0v) is 15.7. The molecule has 0 bridgehead atoms. The van der Waals surface area contributed by atoms with E-state index in [1.165, 1.54) is 5.52 Å². The van der Waals surface area contributed by atoms with Crippen LogP contribution in [0.3, 0.4) is 0 Å². The second-order valence-corrected chi connectivity index (χ2v) is 7.80. The molecular weight excluding hydrogens is 298 g/mol. The first kappa shape index (κ1) is 16.8. The fourth-order valence-corrected chi connectivity index (χ4v) is 3.45. The molecule has 1 N–H and O–H groups in total. The Morgan fingerprint density at radius 1 is 1.25 bits per heavy atom. The van der Waals surface area contributed by atoms with E-state index in [1.54, 1.807) is 0 Å². The summed E-state index contributed by atoms with van der Waals surface area (Å²) < 4.78 is 2.26. The van der Waals surface area contributed by atoms with Gasteiger partial charge >= 0.3 is 0 Å². The molecule has 2 heterocycles. The Bertz CT molecular complexity index is 769. The van der Waals surface area contributed by atoms with Gasteiger partial charge in [-0.3, -0.25) is 4.99 Å². The molecule has 0 radical (unpaired) electrons. The number of likely N-dealkylation sites (tertiary alicyclic amines) is 1. The molecule has 0 spiro atoms. The van der Waals surface area contributed by atoms with Crippen LogP contribution in [0.2, 0.25) is 0 Å². The molecule has 5 heteroatoms. The first-order valence-corrected chi connectivity index (χ1v) is 8.68. The molecule has 1 aromatic heterocycles. The zero-order chi connectivity index (χ0) is 17.5. The van der Waals surface area contributed by atoms with E-state index in [1.807, 2.05) is 13.1 Å². The standard InChI is InChI=1S/C19H29N5/c1-14-22-15-9-7-8-10-16(15)23(14)12-11-21-17(20-6)24-13-18(2,3)19(24,4)5/h7-10H,11-13H2,1-6H3,(H,20,21). The van der Waals surface area contributed by atoms with E-state index in [4.69, 9.17) is 0 Å². The average molecular weight is 327 g/mol. The Kier molecular flexibility index (Phi) is 4.06. The number of aliphatic imine (C=N–C) groups is 1. The summed E-state index contributed by atoms with van der Waals surface area (Å²) in [6.45, 7) is 14.0. The largest absolute Gasteiger partial charge is 0.354 e. The quantitative estimate of drug-likeness (QED) is 0.696. The maximum Gasteiger partial charge on any atom is 0.194 e. The van der Waals surface area contributed by atoms with E-state index in [9.17, 15) is 0 Å². The van der Waals surface area contributed by atoms with Gasteiger partial charge in [0.1, 0.15) is 5.82 Å². The summed E-state index contributed by atoms with van der Waals surface area (Å²) in [5.41, 5.74) is 2.68. The minimum absolute atomic E-state index is 0.118. The summed E-state index contributed by atoms with van der Waals surface area (Å²) in [4.78, 5) is 11.5. The van der Waals surface area contributed by atoms with Crippen LogP contribution >= 0.6 is 0 Å². The van der Waals surface area contributed by atoms with E-state index in [0.29, 0.717) is 5.41 Å². The fourth-order valence-electron chi connectivity index (χ4n) is 3.45. The predicted octanol–water partition coefficient (Wildman–Crippen LogP) is 3.04. The number of hydrogen-bond donors (Lipinski definition) is 1. The number of aromatic nitrogens is 2. The monoisotopic (exact) mass is 327 g/mol. The van der Waals surface area contributed by atoms with E-state index in [2.05, 4.69) is 77.6 Å². The number of nitrogens with zero attached hydrogens (tertiary/aromatic N) is 4. The number of guanidine groups is 1. The number of benzene rings is 1. The number of nitrogens with one attached hydrogen (secondary N) is 1. The summed E-state index contributed by atoms with van der Waals surface area (Å²) in [7, 11) is 1.86. The van der Waals surface area contributed by atoms with Gasteiger partial charge in [-0.25, -0.2) is 4.98 Å². The van der Waals surface area contributed by atoms with Crippen molar-refractivity contribution in [3.05, 3.63) is 30.1 Å². The molecular formula is C19H29N5. The van der Waals surface area contributed by atoms with Crippen LogP contribution in [0.4, 0.5) is 0 Å². The van der Waals surface area contributed by atoms with Gasteiger partial charge in [-0.15, -0.1) is 0 Å². The van der Waals surface area contributed by atoms with Crippen LogP contribution in [-0.2, 0) is 6.54 Å². The Hall–Kier alpha value is -2.04. The van der Waals surface area contributed by atoms with Crippen LogP contribution in [0.15, 0.2) is 29.3 Å². The maximum absolute atomic E-state index is 4.63. The Morgan fingerprint density at radius 2 is 1.96 bits per heavy atom.